The van der Waals surface area contributed by atoms with E-state index in [2.05, 4.69) is 22.0 Å². The van der Waals surface area contributed by atoms with E-state index in [-0.39, 0.29) is 6.61 Å². The van der Waals surface area contributed by atoms with Gasteiger partial charge in [-0.15, -0.1) is 10.2 Å². The van der Waals surface area contributed by atoms with E-state index in [0.29, 0.717) is 12.5 Å². The van der Waals surface area contributed by atoms with Crippen molar-refractivity contribution in [2.75, 3.05) is 24.6 Å². The van der Waals surface area contributed by atoms with E-state index < -0.39 is 0 Å². The van der Waals surface area contributed by atoms with Crippen molar-refractivity contribution in [3.63, 3.8) is 0 Å². The normalized spacial score (nSPS) is 15.9. The lowest BCUT2D eigenvalue weighted by molar-refractivity contribution is 0.302. The second kappa shape index (κ2) is 4.23. The van der Waals surface area contributed by atoms with Gasteiger partial charge in [-0.05, 0) is 19.8 Å². The molecule has 1 fully saturated rings. The maximum Gasteiger partial charge on any atom is 0.208 e. The molecule has 0 aliphatic heterocycles. The van der Waals surface area contributed by atoms with Crippen LogP contribution in [0, 0.1) is 0 Å². The van der Waals surface area contributed by atoms with Crippen LogP contribution < -0.4 is 4.90 Å². The third-order valence-corrected chi connectivity index (χ3v) is 3.53. The molecule has 0 atom stereocenters. The summed E-state index contributed by atoms with van der Waals surface area (Å²) in [6.45, 7) is 3.76. The van der Waals surface area contributed by atoms with Gasteiger partial charge in [-0.1, -0.05) is 11.3 Å². The van der Waals surface area contributed by atoms with Crippen molar-refractivity contribution in [2.24, 2.45) is 0 Å². The van der Waals surface area contributed by atoms with Crippen molar-refractivity contribution < 1.29 is 5.11 Å². The van der Waals surface area contributed by atoms with Crippen LogP contribution in [0.5, 0.6) is 0 Å². The summed E-state index contributed by atoms with van der Waals surface area (Å²) in [4.78, 5) is 2.06. The van der Waals surface area contributed by atoms with Gasteiger partial charge < -0.3 is 10.0 Å². The number of aliphatic hydroxyl groups excluding tert-OH is 1. The Bertz CT molecular complexity index is 298. The minimum Gasteiger partial charge on any atom is -0.395 e. The lowest BCUT2D eigenvalue weighted by Gasteiger charge is -2.16. The Morgan fingerprint density at radius 2 is 2.29 bits per heavy atom. The van der Waals surface area contributed by atoms with Crippen LogP contribution in [-0.4, -0.2) is 35.0 Å². The smallest absolute Gasteiger partial charge is 0.208 e. The number of likely N-dealkylation sites (N-methyl/N-ethyl adjacent to an activating group) is 1. The summed E-state index contributed by atoms with van der Waals surface area (Å²) in [5.74, 6) is 0.675. The standard InChI is InChI=1S/C9H15N3OS/c1-2-12(5-6-13)9-11-10-8(14-9)7-3-4-7/h7,13H,2-6H2,1H3. The molecule has 14 heavy (non-hydrogen) atoms. The molecule has 78 valence electrons. The van der Waals surface area contributed by atoms with Crippen LogP contribution >= 0.6 is 11.3 Å². The molecule has 2 rings (SSSR count). The maximum absolute atomic E-state index is 8.87. The zero-order valence-electron chi connectivity index (χ0n) is 8.31. The van der Waals surface area contributed by atoms with Crippen LogP contribution in [-0.2, 0) is 0 Å². The van der Waals surface area contributed by atoms with Gasteiger partial charge in [0.25, 0.3) is 0 Å². The first-order valence-corrected chi connectivity index (χ1v) is 5.86. The Morgan fingerprint density at radius 3 is 2.86 bits per heavy atom. The third-order valence-electron chi connectivity index (χ3n) is 2.38. The van der Waals surface area contributed by atoms with Gasteiger partial charge in [0.2, 0.25) is 5.13 Å². The molecule has 1 aliphatic carbocycles. The highest BCUT2D eigenvalue weighted by molar-refractivity contribution is 7.15. The van der Waals surface area contributed by atoms with Gasteiger partial charge in [-0.25, -0.2) is 0 Å². The maximum atomic E-state index is 8.87. The number of hydrogen-bond donors (Lipinski definition) is 1. The zero-order chi connectivity index (χ0) is 9.97. The van der Waals surface area contributed by atoms with Crippen LogP contribution in [0.25, 0.3) is 0 Å². The predicted molar refractivity (Wildman–Crippen MR) is 56.9 cm³/mol. The van der Waals surface area contributed by atoms with Gasteiger partial charge in [0, 0.05) is 19.0 Å². The molecule has 0 radical (unpaired) electrons. The van der Waals surface area contributed by atoms with Crippen molar-refractivity contribution in [1.82, 2.24) is 10.2 Å². The van der Waals surface area contributed by atoms with Crippen molar-refractivity contribution in [3.05, 3.63) is 5.01 Å². The van der Waals surface area contributed by atoms with E-state index >= 15 is 0 Å². The molecular formula is C9H15N3OS. The van der Waals surface area contributed by atoms with Crippen molar-refractivity contribution in [1.29, 1.82) is 0 Å². The Morgan fingerprint density at radius 1 is 1.50 bits per heavy atom. The van der Waals surface area contributed by atoms with Crippen LogP contribution in [0.2, 0.25) is 0 Å². The molecule has 1 saturated carbocycles. The highest BCUT2D eigenvalue weighted by Gasteiger charge is 2.28. The van der Waals surface area contributed by atoms with Gasteiger partial charge >= 0.3 is 0 Å². The molecule has 1 aromatic heterocycles. The largest absolute Gasteiger partial charge is 0.395 e. The minimum absolute atomic E-state index is 0.173. The first kappa shape index (κ1) is 9.86. The summed E-state index contributed by atoms with van der Waals surface area (Å²) in [6.07, 6.45) is 2.53. The second-order valence-electron chi connectivity index (χ2n) is 3.50. The Balaban J connectivity index is 2.05. The molecule has 0 amide bonds. The first-order chi connectivity index (χ1) is 6.85. The molecule has 0 bridgehead atoms. The molecule has 0 unspecified atom stereocenters. The Kier molecular flexibility index (Phi) is 2.98. The Hall–Kier alpha value is -0.680. The van der Waals surface area contributed by atoms with Crippen molar-refractivity contribution in [2.45, 2.75) is 25.7 Å². The van der Waals surface area contributed by atoms with Gasteiger partial charge in [-0.3, -0.25) is 0 Å². The zero-order valence-corrected chi connectivity index (χ0v) is 9.13. The fraction of sp³-hybridized carbons (Fsp3) is 0.778. The Labute approximate surface area is 87.6 Å². The van der Waals surface area contributed by atoms with Crippen LogP contribution in [0.4, 0.5) is 5.13 Å². The minimum atomic E-state index is 0.173. The molecule has 1 aromatic rings. The third kappa shape index (κ3) is 2.04. The molecule has 0 saturated heterocycles. The molecule has 0 spiro atoms. The second-order valence-corrected chi connectivity index (χ2v) is 4.49. The number of aromatic nitrogens is 2. The fourth-order valence-corrected chi connectivity index (χ4v) is 2.46. The lowest BCUT2D eigenvalue weighted by atomic mass is 10.5. The monoisotopic (exact) mass is 213 g/mol. The van der Waals surface area contributed by atoms with E-state index in [1.54, 1.807) is 11.3 Å². The molecule has 0 aromatic carbocycles. The summed E-state index contributed by atoms with van der Waals surface area (Å²) in [5, 5.41) is 19.3. The van der Waals surface area contributed by atoms with E-state index in [1.165, 1.54) is 12.8 Å². The van der Waals surface area contributed by atoms with Crippen molar-refractivity contribution >= 4 is 16.5 Å². The number of hydrogen-bond acceptors (Lipinski definition) is 5. The molecule has 5 heteroatoms. The molecule has 1 N–H and O–H groups in total. The average molecular weight is 213 g/mol. The van der Waals surface area contributed by atoms with Gasteiger partial charge in [0.1, 0.15) is 5.01 Å². The van der Waals surface area contributed by atoms with Crippen LogP contribution in [0.3, 0.4) is 0 Å². The summed E-state index contributed by atoms with van der Waals surface area (Å²) in [7, 11) is 0. The molecule has 4 nitrogen and oxygen atoms in total. The summed E-state index contributed by atoms with van der Waals surface area (Å²) in [6, 6.07) is 0. The van der Waals surface area contributed by atoms with Gasteiger partial charge in [0.05, 0.1) is 6.61 Å². The number of rotatable bonds is 5. The predicted octanol–water partition coefficient (Wildman–Crippen LogP) is 1.23. The number of aliphatic hydroxyl groups is 1. The first-order valence-electron chi connectivity index (χ1n) is 5.04. The van der Waals surface area contributed by atoms with Gasteiger partial charge in [0.15, 0.2) is 0 Å². The number of nitrogens with zero attached hydrogens (tertiary/aromatic N) is 3. The van der Waals surface area contributed by atoms with E-state index in [1.807, 2.05) is 0 Å². The lowest BCUT2D eigenvalue weighted by Crippen LogP contribution is -2.25. The quantitative estimate of drug-likeness (QED) is 0.799. The van der Waals surface area contributed by atoms with E-state index in [0.717, 1.165) is 16.7 Å². The average Bonchev–Trinajstić information content (AvgIpc) is 2.94. The number of anilines is 1. The fourth-order valence-electron chi connectivity index (χ4n) is 1.36. The summed E-state index contributed by atoms with van der Waals surface area (Å²) < 4.78 is 0. The summed E-state index contributed by atoms with van der Waals surface area (Å²) >= 11 is 1.67. The molecule has 1 aliphatic rings. The summed E-state index contributed by atoms with van der Waals surface area (Å²) in [5.41, 5.74) is 0. The van der Waals surface area contributed by atoms with Gasteiger partial charge in [-0.2, -0.15) is 0 Å². The SMILES string of the molecule is CCN(CCO)c1nnc(C2CC2)s1. The molecule has 1 heterocycles. The molecular weight excluding hydrogens is 198 g/mol. The van der Waals surface area contributed by atoms with Crippen molar-refractivity contribution in [3.8, 4) is 0 Å². The topological polar surface area (TPSA) is 49.2 Å². The van der Waals surface area contributed by atoms with Crippen LogP contribution in [0.15, 0.2) is 0 Å². The van der Waals surface area contributed by atoms with Crippen LogP contribution in [0.1, 0.15) is 30.7 Å². The van der Waals surface area contributed by atoms with E-state index in [4.69, 9.17) is 5.11 Å². The highest BCUT2D eigenvalue weighted by Crippen LogP contribution is 2.42. The highest BCUT2D eigenvalue weighted by atomic mass is 32.1. The van der Waals surface area contributed by atoms with E-state index in [9.17, 15) is 0 Å².